The van der Waals surface area contributed by atoms with Crippen LogP contribution in [0.2, 0.25) is 0 Å². The zero-order chi connectivity index (χ0) is 29.8. The smallest absolute Gasteiger partial charge is 0.381 e. The van der Waals surface area contributed by atoms with Crippen molar-refractivity contribution >= 4 is 38.1 Å². The number of hydrogen-bond donors (Lipinski definition) is 2. The molecule has 4 heterocycles. The number of aromatic nitrogens is 2. The van der Waals surface area contributed by atoms with Gasteiger partial charge >= 0.3 is 6.18 Å². The van der Waals surface area contributed by atoms with Crippen LogP contribution in [-0.4, -0.2) is 46.8 Å². The van der Waals surface area contributed by atoms with Crippen molar-refractivity contribution in [3.63, 3.8) is 0 Å². The van der Waals surface area contributed by atoms with Gasteiger partial charge in [0.15, 0.2) is 0 Å². The van der Waals surface area contributed by atoms with E-state index < -0.39 is 12.6 Å². The first kappa shape index (κ1) is 29.9. The highest BCUT2D eigenvalue weighted by molar-refractivity contribution is 7.18. The van der Waals surface area contributed by atoms with Crippen molar-refractivity contribution < 1.29 is 17.9 Å². The average Bonchev–Trinajstić information content (AvgIpc) is 3.73. The summed E-state index contributed by atoms with van der Waals surface area (Å²) >= 11 is 1.12. The number of piperidine rings is 1. The Labute approximate surface area is 254 Å². The Morgan fingerprint density at radius 1 is 1.12 bits per heavy atom. The predicted octanol–water partition coefficient (Wildman–Crippen LogP) is 8.32. The summed E-state index contributed by atoms with van der Waals surface area (Å²) in [6.07, 6.45) is 6.02. The first-order chi connectivity index (χ1) is 20.8. The monoisotopic (exact) mass is 609 g/mol. The van der Waals surface area contributed by atoms with Gasteiger partial charge < -0.3 is 15.0 Å². The number of fused-ring (bicyclic) bond motifs is 2. The van der Waals surface area contributed by atoms with E-state index in [4.69, 9.17) is 4.74 Å². The van der Waals surface area contributed by atoms with E-state index in [1.807, 2.05) is 12.1 Å². The molecule has 43 heavy (non-hydrogen) atoms. The molecule has 4 aromatic rings. The van der Waals surface area contributed by atoms with Gasteiger partial charge in [-0.05, 0) is 61.4 Å². The maximum absolute atomic E-state index is 13.2. The zero-order valence-corrected chi connectivity index (χ0v) is 25.1. The third kappa shape index (κ3) is 7.69. The maximum Gasteiger partial charge on any atom is 0.393 e. The molecule has 0 bridgehead atoms. The molecular formula is C33H38F3N5OS. The number of ether oxygens (including phenoxy) is 1. The van der Waals surface area contributed by atoms with Gasteiger partial charge in [-0.2, -0.15) is 18.4 Å². The Morgan fingerprint density at radius 3 is 2.70 bits per heavy atom. The lowest BCUT2D eigenvalue weighted by Crippen LogP contribution is -2.38. The molecule has 228 valence electrons. The van der Waals surface area contributed by atoms with Crippen molar-refractivity contribution in [2.45, 2.75) is 83.2 Å². The van der Waals surface area contributed by atoms with Gasteiger partial charge in [0, 0.05) is 65.2 Å². The number of aromatic amines is 1. The summed E-state index contributed by atoms with van der Waals surface area (Å²) in [7, 11) is 0. The number of nitrogens with one attached hydrogen (secondary N) is 2. The molecule has 6 nitrogen and oxygen atoms in total. The molecule has 0 atom stereocenters. The number of nitrogens with zero attached hydrogens (tertiary/aromatic N) is 3. The highest BCUT2D eigenvalue weighted by Crippen LogP contribution is 2.37. The van der Waals surface area contributed by atoms with Crippen molar-refractivity contribution in [1.82, 2.24) is 14.9 Å². The van der Waals surface area contributed by atoms with Crippen LogP contribution < -0.4 is 5.32 Å². The van der Waals surface area contributed by atoms with E-state index >= 15 is 0 Å². The molecule has 1 saturated carbocycles. The number of thiophene rings is 1. The van der Waals surface area contributed by atoms with Crippen molar-refractivity contribution in [3.8, 4) is 6.07 Å². The number of alkyl halides is 3. The van der Waals surface area contributed by atoms with E-state index in [2.05, 4.69) is 38.4 Å². The highest BCUT2D eigenvalue weighted by atomic mass is 32.1. The van der Waals surface area contributed by atoms with Gasteiger partial charge in [0.25, 0.3) is 0 Å². The van der Waals surface area contributed by atoms with Gasteiger partial charge in [-0.3, -0.25) is 4.90 Å². The maximum atomic E-state index is 13.2. The molecular weight excluding hydrogens is 571 g/mol. The largest absolute Gasteiger partial charge is 0.393 e. The third-order valence-electron chi connectivity index (χ3n) is 8.85. The van der Waals surface area contributed by atoms with Gasteiger partial charge in [-0.1, -0.05) is 31.7 Å². The van der Waals surface area contributed by atoms with Crippen LogP contribution in [-0.2, 0) is 24.3 Å². The second-order valence-electron chi connectivity index (χ2n) is 12.1. The molecule has 0 spiro atoms. The van der Waals surface area contributed by atoms with Crippen LogP contribution in [0.3, 0.4) is 0 Å². The number of halogens is 3. The number of benzene rings is 1. The Morgan fingerprint density at radius 2 is 1.93 bits per heavy atom. The fraction of sp³-hybridized carbons (Fsp3) is 0.515. The van der Waals surface area contributed by atoms with E-state index in [1.165, 1.54) is 37.7 Å². The molecule has 1 aromatic carbocycles. The first-order valence-corrected chi connectivity index (χ1v) is 16.2. The van der Waals surface area contributed by atoms with E-state index in [0.717, 1.165) is 83.7 Å². The second-order valence-corrected chi connectivity index (χ2v) is 13.3. The Hall–Kier alpha value is -3.13. The van der Waals surface area contributed by atoms with Crippen LogP contribution in [0.4, 0.5) is 18.9 Å². The Kier molecular flexibility index (Phi) is 9.22. The molecule has 0 amide bonds. The summed E-state index contributed by atoms with van der Waals surface area (Å²) in [4.78, 5) is 11.0. The molecule has 2 N–H and O–H groups in total. The van der Waals surface area contributed by atoms with Gasteiger partial charge in [0.2, 0.25) is 0 Å². The molecule has 0 unspecified atom stereocenters. The first-order valence-electron chi connectivity index (χ1n) is 15.4. The second kappa shape index (κ2) is 13.2. The summed E-state index contributed by atoms with van der Waals surface area (Å²) in [6.45, 7) is 3.74. The molecule has 2 fully saturated rings. The predicted molar refractivity (Wildman–Crippen MR) is 165 cm³/mol. The molecule has 6 rings (SSSR count). The standard InChI is InChI=1S/C33H38F3N5OS/c34-33(35,36)17-28-16-29-31(25(19-38-32(29)43-28)21-42-13-3-6-22-4-1-2-5-22)40-26-9-11-41(12-10-26)20-23-7-8-30-24(14-23)15-27(18-37)39-30/h7-8,14-16,19,22,26,39H,1-6,9-13,17,20-21H2,(H,38,40). The van der Waals surface area contributed by atoms with Crippen molar-refractivity contribution in [2.75, 3.05) is 25.0 Å². The van der Waals surface area contributed by atoms with E-state index in [9.17, 15) is 18.4 Å². The average molecular weight is 610 g/mol. The highest BCUT2D eigenvalue weighted by Gasteiger charge is 2.29. The summed E-state index contributed by atoms with van der Waals surface area (Å²) in [6, 6.07) is 12.2. The van der Waals surface area contributed by atoms with E-state index in [0.29, 0.717) is 23.7 Å². The SMILES string of the molecule is N#Cc1cc2cc(CN3CCC(Nc4c(COCCCC5CCCC5)cnc5sc(CC(F)(F)F)cc45)CC3)ccc2[nH]1. The molecule has 1 aliphatic carbocycles. The lowest BCUT2D eigenvalue weighted by molar-refractivity contribution is -0.126. The summed E-state index contributed by atoms with van der Waals surface area (Å²) in [5, 5.41) is 14.7. The third-order valence-corrected chi connectivity index (χ3v) is 9.89. The molecule has 10 heteroatoms. The van der Waals surface area contributed by atoms with Crippen LogP contribution >= 0.6 is 11.3 Å². The zero-order valence-electron chi connectivity index (χ0n) is 24.3. The summed E-state index contributed by atoms with van der Waals surface area (Å²) < 4.78 is 45.7. The van der Waals surface area contributed by atoms with Crippen LogP contribution in [0.25, 0.3) is 21.1 Å². The number of H-pyrrole nitrogens is 1. The molecule has 1 aliphatic heterocycles. The summed E-state index contributed by atoms with van der Waals surface area (Å²) in [5.41, 5.74) is 4.52. The lowest BCUT2D eigenvalue weighted by Gasteiger charge is -2.33. The van der Waals surface area contributed by atoms with Crippen molar-refractivity contribution in [3.05, 3.63) is 58.2 Å². The quantitative estimate of drug-likeness (QED) is 0.167. The van der Waals surface area contributed by atoms with Crippen molar-refractivity contribution in [2.24, 2.45) is 5.92 Å². The number of pyridine rings is 1. The van der Waals surface area contributed by atoms with Gasteiger partial charge in [-0.25, -0.2) is 4.98 Å². The number of rotatable bonds is 11. The minimum Gasteiger partial charge on any atom is -0.381 e. The normalized spacial score (nSPS) is 17.3. The van der Waals surface area contributed by atoms with Gasteiger partial charge in [0.1, 0.15) is 16.6 Å². The lowest BCUT2D eigenvalue weighted by atomic mass is 10.0. The van der Waals surface area contributed by atoms with Gasteiger partial charge in [0.05, 0.1) is 18.7 Å². The van der Waals surface area contributed by atoms with E-state index in [1.54, 1.807) is 12.3 Å². The van der Waals surface area contributed by atoms with E-state index in [-0.39, 0.29) is 10.9 Å². The van der Waals surface area contributed by atoms with Crippen LogP contribution in [0.15, 0.2) is 36.5 Å². The molecule has 3 aromatic heterocycles. The molecule has 2 aliphatic rings. The fourth-order valence-electron chi connectivity index (χ4n) is 6.64. The van der Waals surface area contributed by atoms with Crippen LogP contribution in [0.5, 0.6) is 0 Å². The van der Waals surface area contributed by atoms with Gasteiger partial charge in [-0.15, -0.1) is 11.3 Å². The summed E-state index contributed by atoms with van der Waals surface area (Å²) in [5.74, 6) is 0.829. The fourth-order valence-corrected chi connectivity index (χ4v) is 7.68. The molecule has 0 radical (unpaired) electrons. The minimum atomic E-state index is -4.25. The number of hydrogen-bond acceptors (Lipinski definition) is 6. The van der Waals surface area contributed by atoms with Crippen LogP contribution in [0, 0.1) is 17.2 Å². The van der Waals surface area contributed by atoms with Crippen molar-refractivity contribution in [1.29, 1.82) is 5.26 Å². The number of anilines is 1. The minimum absolute atomic E-state index is 0.208. The Bertz CT molecular complexity index is 1580. The molecule has 1 saturated heterocycles. The number of nitriles is 1. The number of likely N-dealkylation sites (tertiary alicyclic amines) is 1. The topological polar surface area (TPSA) is 77.0 Å². The Balaban J connectivity index is 1.10. The van der Waals surface area contributed by atoms with Crippen LogP contribution in [0.1, 0.15) is 73.1 Å².